The van der Waals surface area contributed by atoms with Crippen LogP contribution in [0.5, 0.6) is 0 Å². The van der Waals surface area contributed by atoms with E-state index >= 15 is 0 Å². The van der Waals surface area contributed by atoms with E-state index in [0.717, 1.165) is 5.56 Å². The lowest BCUT2D eigenvalue weighted by atomic mass is 10.3. The first-order valence-electron chi connectivity index (χ1n) is 4.62. The third-order valence-corrected chi connectivity index (χ3v) is 2.30. The molecule has 76 valence electrons. The van der Waals surface area contributed by atoms with Crippen LogP contribution >= 0.6 is 0 Å². The van der Waals surface area contributed by atoms with Crippen molar-refractivity contribution >= 4 is 5.65 Å². The zero-order chi connectivity index (χ0) is 11.0. The molecular formula is C10H6N6. The maximum Gasteiger partial charge on any atom is 0.171 e. The van der Waals surface area contributed by atoms with Crippen molar-refractivity contribution in [2.24, 2.45) is 0 Å². The van der Waals surface area contributed by atoms with Crippen LogP contribution < -0.4 is 0 Å². The highest BCUT2D eigenvalue weighted by Crippen LogP contribution is 2.16. The molecule has 0 aromatic carbocycles. The Morgan fingerprint density at radius 3 is 3.06 bits per heavy atom. The van der Waals surface area contributed by atoms with E-state index in [9.17, 15) is 0 Å². The Hall–Kier alpha value is -2.68. The van der Waals surface area contributed by atoms with Gasteiger partial charge in [-0.3, -0.25) is 9.50 Å². The zero-order valence-electron chi connectivity index (χ0n) is 8.12. The molecule has 0 bridgehead atoms. The molecule has 0 fully saturated rings. The van der Waals surface area contributed by atoms with E-state index in [1.54, 1.807) is 30.7 Å². The Morgan fingerprint density at radius 2 is 2.31 bits per heavy atom. The highest BCUT2D eigenvalue weighted by Gasteiger charge is 2.08. The van der Waals surface area contributed by atoms with Gasteiger partial charge in [0.1, 0.15) is 0 Å². The number of nitrogens with one attached hydrogen (secondary N) is 1. The fourth-order valence-electron chi connectivity index (χ4n) is 1.53. The zero-order valence-corrected chi connectivity index (χ0v) is 8.12. The van der Waals surface area contributed by atoms with Gasteiger partial charge in [0.25, 0.3) is 0 Å². The predicted octanol–water partition coefficient (Wildman–Crippen LogP) is 0.991. The molecule has 0 spiro atoms. The average molecular weight is 210 g/mol. The molecule has 3 heterocycles. The van der Waals surface area contributed by atoms with Crippen molar-refractivity contribution in [1.29, 1.82) is 5.26 Å². The molecule has 0 unspecified atom stereocenters. The first-order valence-corrected chi connectivity index (χ1v) is 4.62. The Balaban J connectivity index is 2.26. The number of aromatic nitrogens is 5. The van der Waals surface area contributed by atoms with E-state index < -0.39 is 0 Å². The standard InChI is InChI=1S/C10H6N6/c11-4-7-1-2-16-9(3-7)14-15-10(16)8-5-12-13-6-8/h1-3,5-6H,(H,12,13). The molecule has 0 radical (unpaired) electrons. The van der Waals surface area contributed by atoms with E-state index in [2.05, 4.69) is 26.5 Å². The van der Waals surface area contributed by atoms with Gasteiger partial charge < -0.3 is 0 Å². The van der Waals surface area contributed by atoms with Gasteiger partial charge in [-0.05, 0) is 6.07 Å². The van der Waals surface area contributed by atoms with Crippen molar-refractivity contribution in [3.63, 3.8) is 0 Å². The first kappa shape index (κ1) is 8.61. The number of H-pyrrole nitrogens is 1. The number of fused-ring (bicyclic) bond motifs is 1. The lowest BCUT2D eigenvalue weighted by Crippen LogP contribution is -1.88. The van der Waals surface area contributed by atoms with Crippen LogP contribution in [0.15, 0.2) is 30.7 Å². The number of nitrogens with zero attached hydrogens (tertiary/aromatic N) is 5. The van der Waals surface area contributed by atoms with Crippen molar-refractivity contribution in [3.05, 3.63) is 36.3 Å². The second-order valence-corrected chi connectivity index (χ2v) is 3.27. The highest BCUT2D eigenvalue weighted by atomic mass is 15.2. The molecule has 3 aromatic rings. The van der Waals surface area contributed by atoms with Crippen molar-refractivity contribution in [2.75, 3.05) is 0 Å². The minimum absolute atomic E-state index is 0.568. The van der Waals surface area contributed by atoms with Crippen LogP contribution in [0.2, 0.25) is 0 Å². The normalized spacial score (nSPS) is 10.4. The van der Waals surface area contributed by atoms with E-state index in [1.807, 2.05) is 4.40 Å². The van der Waals surface area contributed by atoms with E-state index in [4.69, 9.17) is 5.26 Å². The van der Waals surface area contributed by atoms with Gasteiger partial charge in [0.05, 0.1) is 23.4 Å². The summed E-state index contributed by atoms with van der Waals surface area (Å²) in [6.45, 7) is 0. The number of pyridine rings is 1. The first-order chi connectivity index (χ1) is 7.88. The Kier molecular flexibility index (Phi) is 1.71. The van der Waals surface area contributed by atoms with Crippen molar-refractivity contribution in [3.8, 4) is 17.5 Å². The van der Waals surface area contributed by atoms with Crippen LogP contribution in [0, 0.1) is 11.3 Å². The van der Waals surface area contributed by atoms with E-state index in [1.165, 1.54) is 0 Å². The molecule has 3 aromatic heterocycles. The quantitative estimate of drug-likeness (QED) is 0.649. The summed E-state index contributed by atoms with van der Waals surface area (Å²) in [6, 6.07) is 5.48. The monoisotopic (exact) mass is 210 g/mol. The van der Waals surface area contributed by atoms with Crippen LogP contribution in [-0.2, 0) is 0 Å². The molecule has 16 heavy (non-hydrogen) atoms. The highest BCUT2D eigenvalue weighted by molar-refractivity contribution is 5.58. The second kappa shape index (κ2) is 3.17. The van der Waals surface area contributed by atoms with Crippen LogP contribution in [0.4, 0.5) is 0 Å². The van der Waals surface area contributed by atoms with Gasteiger partial charge in [-0.2, -0.15) is 10.4 Å². The molecule has 0 aliphatic carbocycles. The molecule has 6 nitrogen and oxygen atoms in total. The maximum atomic E-state index is 8.77. The molecule has 0 aliphatic heterocycles. The predicted molar refractivity (Wildman–Crippen MR) is 55.3 cm³/mol. The van der Waals surface area contributed by atoms with Crippen LogP contribution in [0.3, 0.4) is 0 Å². The largest absolute Gasteiger partial charge is 0.285 e. The molecule has 0 saturated carbocycles. The van der Waals surface area contributed by atoms with Crippen LogP contribution in [0.25, 0.3) is 17.0 Å². The van der Waals surface area contributed by atoms with Gasteiger partial charge in [0, 0.05) is 18.5 Å². The van der Waals surface area contributed by atoms with Crippen LogP contribution in [0.1, 0.15) is 5.56 Å². The summed E-state index contributed by atoms with van der Waals surface area (Å²) in [5, 5.41) is 23.4. The van der Waals surface area contributed by atoms with Crippen molar-refractivity contribution in [1.82, 2.24) is 24.8 Å². The number of rotatable bonds is 1. The van der Waals surface area contributed by atoms with Crippen LogP contribution in [-0.4, -0.2) is 24.8 Å². The fraction of sp³-hybridized carbons (Fsp3) is 0. The third kappa shape index (κ3) is 1.15. The number of nitriles is 1. The summed E-state index contributed by atoms with van der Waals surface area (Å²) in [5.74, 6) is 0.702. The Bertz CT molecular complexity index is 673. The minimum Gasteiger partial charge on any atom is -0.285 e. The minimum atomic E-state index is 0.568. The Morgan fingerprint density at radius 1 is 1.38 bits per heavy atom. The van der Waals surface area contributed by atoms with E-state index in [0.29, 0.717) is 17.0 Å². The summed E-state index contributed by atoms with van der Waals surface area (Å²) in [4.78, 5) is 0. The summed E-state index contributed by atoms with van der Waals surface area (Å²) in [7, 11) is 0. The summed E-state index contributed by atoms with van der Waals surface area (Å²) in [5.41, 5.74) is 2.08. The molecule has 3 rings (SSSR count). The maximum absolute atomic E-state index is 8.77. The summed E-state index contributed by atoms with van der Waals surface area (Å²) < 4.78 is 1.81. The molecule has 1 N–H and O–H groups in total. The lowest BCUT2D eigenvalue weighted by molar-refractivity contribution is 1.09. The number of hydrogen-bond acceptors (Lipinski definition) is 4. The molecule has 6 heteroatoms. The topological polar surface area (TPSA) is 82.7 Å². The molecule has 0 saturated heterocycles. The lowest BCUT2D eigenvalue weighted by Gasteiger charge is -1.95. The Labute approximate surface area is 90.2 Å². The van der Waals surface area contributed by atoms with Gasteiger partial charge in [0.2, 0.25) is 0 Å². The third-order valence-electron chi connectivity index (χ3n) is 2.30. The average Bonchev–Trinajstić information content (AvgIpc) is 2.96. The van der Waals surface area contributed by atoms with Gasteiger partial charge in [0.15, 0.2) is 11.5 Å². The molecular weight excluding hydrogens is 204 g/mol. The second-order valence-electron chi connectivity index (χ2n) is 3.27. The smallest absolute Gasteiger partial charge is 0.171 e. The summed E-state index contributed by atoms with van der Waals surface area (Å²) in [6.07, 6.45) is 5.19. The number of aromatic amines is 1. The van der Waals surface area contributed by atoms with Gasteiger partial charge >= 0.3 is 0 Å². The number of hydrogen-bond donors (Lipinski definition) is 1. The molecule has 0 amide bonds. The van der Waals surface area contributed by atoms with Crippen molar-refractivity contribution in [2.45, 2.75) is 0 Å². The summed E-state index contributed by atoms with van der Waals surface area (Å²) >= 11 is 0. The van der Waals surface area contributed by atoms with Gasteiger partial charge in [-0.25, -0.2) is 0 Å². The van der Waals surface area contributed by atoms with E-state index in [-0.39, 0.29) is 0 Å². The molecule has 0 atom stereocenters. The SMILES string of the molecule is N#Cc1ccn2c(-c3cn[nH]c3)nnc2c1. The molecule has 0 aliphatic rings. The fourth-order valence-corrected chi connectivity index (χ4v) is 1.53. The van der Waals surface area contributed by atoms with Gasteiger partial charge in [-0.15, -0.1) is 10.2 Å². The van der Waals surface area contributed by atoms with Crippen molar-refractivity contribution < 1.29 is 0 Å². The van der Waals surface area contributed by atoms with Gasteiger partial charge in [-0.1, -0.05) is 0 Å².